The van der Waals surface area contributed by atoms with Gasteiger partial charge >= 0.3 is 0 Å². The van der Waals surface area contributed by atoms with Crippen LogP contribution < -0.4 is 10.5 Å². The van der Waals surface area contributed by atoms with Gasteiger partial charge in [-0.05, 0) is 30.5 Å². The monoisotopic (exact) mass is 288 g/mol. The van der Waals surface area contributed by atoms with Crippen LogP contribution in [0.1, 0.15) is 43.4 Å². The van der Waals surface area contributed by atoms with E-state index in [9.17, 15) is 0 Å². The maximum Gasteiger partial charge on any atom is 0.180 e. The van der Waals surface area contributed by atoms with Gasteiger partial charge in [-0.15, -0.1) is 11.3 Å². The summed E-state index contributed by atoms with van der Waals surface area (Å²) in [6.07, 6.45) is 6.13. The average Bonchev–Trinajstić information content (AvgIpc) is 2.95. The van der Waals surface area contributed by atoms with Crippen molar-refractivity contribution in [2.45, 2.75) is 37.5 Å². The van der Waals surface area contributed by atoms with Crippen molar-refractivity contribution in [1.82, 2.24) is 4.98 Å². The molecular formula is C16H20N2OS. The van der Waals surface area contributed by atoms with Crippen LogP contribution in [0.2, 0.25) is 0 Å². The lowest BCUT2D eigenvalue weighted by atomic mass is 9.67. The Morgan fingerprint density at radius 3 is 2.40 bits per heavy atom. The van der Waals surface area contributed by atoms with E-state index in [1.807, 2.05) is 12.1 Å². The number of nitrogens with two attached hydrogens (primary N) is 1. The molecule has 1 aromatic carbocycles. The Bertz CT molecular complexity index is 570. The molecule has 4 heteroatoms. The lowest BCUT2D eigenvalue weighted by Crippen LogP contribution is -2.30. The maximum atomic E-state index is 5.86. The minimum absolute atomic E-state index is 0.0403. The predicted molar refractivity (Wildman–Crippen MR) is 83.4 cm³/mol. The Kier molecular flexibility index (Phi) is 3.66. The molecule has 0 atom stereocenters. The topological polar surface area (TPSA) is 48.1 Å². The molecule has 0 bridgehead atoms. The standard InChI is InChI=1S/C16H20N2OS/c1-19-13-7-5-12(6-8-13)16(9-3-2-4-10-16)14-11-20-15(17)18-14/h5-8,11H,2-4,9-10H2,1H3,(H2,17,18). The molecule has 3 rings (SSSR count). The summed E-state index contributed by atoms with van der Waals surface area (Å²) in [6, 6.07) is 8.45. The van der Waals surface area contributed by atoms with Gasteiger partial charge in [-0.1, -0.05) is 31.4 Å². The van der Waals surface area contributed by atoms with Gasteiger partial charge in [0.15, 0.2) is 5.13 Å². The SMILES string of the molecule is COc1ccc(C2(c3csc(N)n3)CCCCC2)cc1. The summed E-state index contributed by atoms with van der Waals surface area (Å²) in [5, 5.41) is 2.80. The van der Waals surface area contributed by atoms with E-state index in [0.717, 1.165) is 24.3 Å². The number of methoxy groups -OCH3 is 1. The molecular weight excluding hydrogens is 268 g/mol. The van der Waals surface area contributed by atoms with Crippen LogP contribution in [0.3, 0.4) is 0 Å². The van der Waals surface area contributed by atoms with Gasteiger partial charge in [0.25, 0.3) is 0 Å². The molecule has 1 aliphatic rings. The molecule has 3 nitrogen and oxygen atoms in total. The molecule has 20 heavy (non-hydrogen) atoms. The van der Waals surface area contributed by atoms with E-state index in [0.29, 0.717) is 5.13 Å². The predicted octanol–water partition coefficient (Wildman–Crippen LogP) is 3.98. The number of nitrogens with zero attached hydrogens (tertiary/aromatic N) is 1. The summed E-state index contributed by atoms with van der Waals surface area (Å²) >= 11 is 1.54. The quantitative estimate of drug-likeness (QED) is 0.929. The highest BCUT2D eigenvalue weighted by Crippen LogP contribution is 2.45. The van der Waals surface area contributed by atoms with E-state index in [1.165, 1.54) is 24.8 Å². The van der Waals surface area contributed by atoms with Crippen LogP contribution in [-0.2, 0) is 5.41 Å². The highest BCUT2D eigenvalue weighted by atomic mass is 32.1. The molecule has 1 saturated carbocycles. The fourth-order valence-electron chi connectivity index (χ4n) is 3.27. The van der Waals surface area contributed by atoms with Crippen molar-refractivity contribution in [2.75, 3.05) is 12.8 Å². The van der Waals surface area contributed by atoms with Gasteiger partial charge in [0.05, 0.1) is 12.8 Å². The first-order chi connectivity index (χ1) is 9.74. The normalized spacial score (nSPS) is 17.9. The van der Waals surface area contributed by atoms with E-state index in [1.54, 1.807) is 18.4 Å². The van der Waals surface area contributed by atoms with E-state index in [2.05, 4.69) is 22.5 Å². The molecule has 0 spiro atoms. The van der Waals surface area contributed by atoms with Crippen molar-refractivity contribution < 1.29 is 4.74 Å². The molecule has 0 radical (unpaired) electrons. The van der Waals surface area contributed by atoms with E-state index < -0.39 is 0 Å². The van der Waals surface area contributed by atoms with Crippen LogP contribution in [-0.4, -0.2) is 12.1 Å². The van der Waals surface area contributed by atoms with Gasteiger partial charge in [0.1, 0.15) is 5.75 Å². The summed E-state index contributed by atoms with van der Waals surface area (Å²) < 4.78 is 5.27. The average molecular weight is 288 g/mol. The fourth-order valence-corrected chi connectivity index (χ4v) is 3.93. The zero-order chi connectivity index (χ0) is 14.0. The molecule has 0 unspecified atom stereocenters. The van der Waals surface area contributed by atoms with Crippen LogP contribution in [0.5, 0.6) is 5.75 Å². The van der Waals surface area contributed by atoms with Crippen molar-refractivity contribution in [3.63, 3.8) is 0 Å². The highest BCUT2D eigenvalue weighted by Gasteiger charge is 2.37. The third kappa shape index (κ3) is 2.29. The van der Waals surface area contributed by atoms with Gasteiger partial charge < -0.3 is 10.5 Å². The summed E-state index contributed by atoms with van der Waals surface area (Å²) in [4.78, 5) is 4.59. The largest absolute Gasteiger partial charge is 0.497 e. The van der Waals surface area contributed by atoms with Crippen LogP contribution >= 0.6 is 11.3 Å². The molecule has 1 aliphatic carbocycles. The Morgan fingerprint density at radius 2 is 1.85 bits per heavy atom. The first kappa shape index (κ1) is 13.4. The van der Waals surface area contributed by atoms with Crippen LogP contribution in [0.15, 0.2) is 29.6 Å². The number of nitrogen functional groups attached to an aromatic ring is 1. The summed E-state index contributed by atoms with van der Waals surface area (Å²) in [7, 11) is 1.70. The number of rotatable bonds is 3. The van der Waals surface area contributed by atoms with Crippen LogP contribution in [0, 0.1) is 0 Å². The fraction of sp³-hybridized carbons (Fsp3) is 0.438. The molecule has 0 saturated heterocycles. The molecule has 2 aromatic rings. The number of benzene rings is 1. The molecule has 1 aromatic heterocycles. The van der Waals surface area contributed by atoms with Gasteiger partial charge in [-0.3, -0.25) is 0 Å². The Hall–Kier alpha value is -1.55. The smallest absolute Gasteiger partial charge is 0.180 e. The molecule has 2 N–H and O–H groups in total. The Labute approximate surface area is 123 Å². The second kappa shape index (κ2) is 5.44. The van der Waals surface area contributed by atoms with Crippen LogP contribution in [0.25, 0.3) is 0 Å². The molecule has 0 amide bonds. The lowest BCUT2D eigenvalue weighted by Gasteiger charge is -2.36. The second-order valence-corrected chi connectivity index (χ2v) is 6.33. The van der Waals surface area contributed by atoms with Gasteiger partial charge in [0, 0.05) is 10.8 Å². The number of ether oxygens (including phenoxy) is 1. The molecule has 1 fully saturated rings. The summed E-state index contributed by atoms with van der Waals surface area (Å²) in [5.41, 5.74) is 8.38. The highest BCUT2D eigenvalue weighted by molar-refractivity contribution is 7.13. The third-order valence-corrected chi connectivity index (χ3v) is 5.04. The number of anilines is 1. The molecule has 106 valence electrons. The van der Waals surface area contributed by atoms with Gasteiger partial charge in [-0.25, -0.2) is 4.98 Å². The summed E-state index contributed by atoms with van der Waals surface area (Å²) in [6.45, 7) is 0. The van der Waals surface area contributed by atoms with Gasteiger partial charge in [-0.2, -0.15) is 0 Å². The molecule has 1 heterocycles. The van der Waals surface area contributed by atoms with E-state index in [-0.39, 0.29) is 5.41 Å². The second-order valence-electron chi connectivity index (χ2n) is 5.44. The van der Waals surface area contributed by atoms with E-state index in [4.69, 9.17) is 10.5 Å². The van der Waals surface area contributed by atoms with Crippen LogP contribution in [0.4, 0.5) is 5.13 Å². The molecule has 0 aliphatic heterocycles. The van der Waals surface area contributed by atoms with Gasteiger partial charge in [0.2, 0.25) is 0 Å². The van der Waals surface area contributed by atoms with Crippen molar-refractivity contribution >= 4 is 16.5 Å². The number of aromatic nitrogens is 1. The number of hydrogen-bond donors (Lipinski definition) is 1. The van der Waals surface area contributed by atoms with Crippen molar-refractivity contribution in [3.05, 3.63) is 40.9 Å². The maximum absolute atomic E-state index is 5.86. The van der Waals surface area contributed by atoms with E-state index >= 15 is 0 Å². The number of hydrogen-bond acceptors (Lipinski definition) is 4. The summed E-state index contributed by atoms with van der Waals surface area (Å²) in [5.74, 6) is 0.900. The zero-order valence-electron chi connectivity index (χ0n) is 11.8. The minimum Gasteiger partial charge on any atom is -0.497 e. The first-order valence-corrected chi connectivity index (χ1v) is 7.98. The lowest BCUT2D eigenvalue weighted by molar-refractivity contribution is 0.339. The Balaban J connectivity index is 2.04. The first-order valence-electron chi connectivity index (χ1n) is 7.11. The third-order valence-electron chi connectivity index (χ3n) is 4.36. The van der Waals surface area contributed by atoms with Crippen molar-refractivity contribution in [1.29, 1.82) is 0 Å². The van der Waals surface area contributed by atoms with Crippen molar-refractivity contribution in [3.8, 4) is 5.75 Å². The van der Waals surface area contributed by atoms with Crippen molar-refractivity contribution in [2.24, 2.45) is 0 Å². The Morgan fingerprint density at radius 1 is 1.15 bits per heavy atom. The number of thiazole rings is 1. The minimum atomic E-state index is 0.0403. The zero-order valence-corrected chi connectivity index (χ0v) is 12.6.